The van der Waals surface area contributed by atoms with Crippen LogP contribution in [0.15, 0.2) is 87.5 Å². The molecular weight excluding hydrogens is 408 g/mol. The number of benzene rings is 2. The monoisotopic (exact) mass is 424 g/mol. The molecule has 146 valence electrons. The van der Waals surface area contributed by atoms with E-state index < -0.39 is 15.3 Å². The van der Waals surface area contributed by atoms with Crippen molar-refractivity contribution in [1.82, 2.24) is 9.55 Å². The third kappa shape index (κ3) is 3.69. The summed E-state index contributed by atoms with van der Waals surface area (Å²) in [6, 6.07) is 18.5. The standard InChI is InChI=1S/C22H17ClN2O3S/c1-15-7-12-19-21(26)20(29(27,28)18-5-3-2-4-6-18)14-25(22(19)24-15)13-16-8-10-17(23)11-9-16/h2-12,14H,13H2,1H3. The molecule has 2 aromatic carbocycles. The summed E-state index contributed by atoms with van der Waals surface area (Å²) in [4.78, 5) is 17.4. The van der Waals surface area contributed by atoms with Gasteiger partial charge in [0.05, 0.1) is 10.3 Å². The van der Waals surface area contributed by atoms with Gasteiger partial charge in [-0.05, 0) is 48.9 Å². The van der Waals surface area contributed by atoms with E-state index >= 15 is 0 Å². The zero-order chi connectivity index (χ0) is 20.6. The predicted octanol–water partition coefficient (Wildman–Crippen LogP) is 4.24. The van der Waals surface area contributed by atoms with Gasteiger partial charge in [0.2, 0.25) is 15.3 Å². The second kappa shape index (κ2) is 7.46. The lowest BCUT2D eigenvalue weighted by molar-refractivity contribution is 0.594. The van der Waals surface area contributed by atoms with Crippen molar-refractivity contribution in [2.75, 3.05) is 0 Å². The average Bonchev–Trinajstić information content (AvgIpc) is 2.72. The van der Waals surface area contributed by atoms with Crippen molar-refractivity contribution < 1.29 is 8.42 Å². The third-order valence-corrected chi connectivity index (χ3v) is 6.65. The molecule has 0 radical (unpaired) electrons. The van der Waals surface area contributed by atoms with Gasteiger partial charge >= 0.3 is 0 Å². The van der Waals surface area contributed by atoms with Crippen molar-refractivity contribution in [2.24, 2.45) is 0 Å². The van der Waals surface area contributed by atoms with Crippen molar-refractivity contribution in [1.29, 1.82) is 0 Å². The van der Waals surface area contributed by atoms with Crippen LogP contribution in [0.3, 0.4) is 0 Å². The molecule has 0 atom stereocenters. The molecule has 7 heteroatoms. The average molecular weight is 425 g/mol. The quantitative estimate of drug-likeness (QED) is 0.491. The number of rotatable bonds is 4. The van der Waals surface area contributed by atoms with Gasteiger partial charge in [-0.15, -0.1) is 0 Å². The highest BCUT2D eigenvalue weighted by atomic mass is 35.5. The summed E-state index contributed by atoms with van der Waals surface area (Å²) in [7, 11) is -3.97. The molecule has 0 aliphatic carbocycles. The number of hydrogen-bond acceptors (Lipinski definition) is 4. The highest BCUT2D eigenvalue weighted by molar-refractivity contribution is 7.91. The van der Waals surface area contributed by atoms with E-state index in [1.807, 2.05) is 19.1 Å². The lowest BCUT2D eigenvalue weighted by atomic mass is 10.2. The van der Waals surface area contributed by atoms with Gasteiger partial charge in [0.1, 0.15) is 10.5 Å². The minimum Gasteiger partial charge on any atom is -0.327 e. The van der Waals surface area contributed by atoms with E-state index in [2.05, 4.69) is 4.98 Å². The Morgan fingerprint density at radius 3 is 2.34 bits per heavy atom. The van der Waals surface area contributed by atoms with E-state index in [9.17, 15) is 13.2 Å². The third-order valence-electron chi connectivity index (χ3n) is 4.64. The zero-order valence-electron chi connectivity index (χ0n) is 15.5. The van der Waals surface area contributed by atoms with Crippen molar-refractivity contribution in [2.45, 2.75) is 23.3 Å². The predicted molar refractivity (Wildman–Crippen MR) is 113 cm³/mol. The number of halogens is 1. The Morgan fingerprint density at radius 1 is 0.966 bits per heavy atom. The normalized spacial score (nSPS) is 11.7. The molecule has 0 saturated heterocycles. The van der Waals surface area contributed by atoms with Crippen LogP contribution in [0, 0.1) is 6.92 Å². The summed E-state index contributed by atoms with van der Waals surface area (Å²) in [5.74, 6) is 0. The summed E-state index contributed by atoms with van der Waals surface area (Å²) in [5.41, 5.74) is 1.53. The second-order valence-corrected chi connectivity index (χ2v) is 9.07. The summed E-state index contributed by atoms with van der Waals surface area (Å²) in [5, 5.41) is 0.876. The maximum atomic E-state index is 13.2. The Labute approximate surface area is 173 Å². The molecule has 2 heterocycles. The second-order valence-electron chi connectivity index (χ2n) is 6.72. The molecule has 4 aromatic rings. The van der Waals surface area contributed by atoms with Crippen molar-refractivity contribution in [3.8, 4) is 0 Å². The Bertz CT molecular complexity index is 1360. The van der Waals surface area contributed by atoms with Crippen LogP contribution < -0.4 is 5.43 Å². The largest absolute Gasteiger partial charge is 0.327 e. The van der Waals surface area contributed by atoms with E-state index in [-0.39, 0.29) is 15.2 Å². The van der Waals surface area contributed by atoms with Crippen molar-refractivity contribution in [3.63, 3.8) is 0 Å². The molecule has 0 fully saturated rings. The number of fused-ring (bicyclic) bond motifs is 1. The molecule has 0 spiro atoms. The fraction of sp³-hybridized carbons (Fsp3) is 0.0909. The molecule has 0 N–H and O–H groups in total. The van der Waals surface area contributed by atoms with Crippen LogP contribution in [-0.2, 0) is 16.4 Å². The molecule has 0 bridgehead atoms. The molecule has 0 aliphatic rings. The van der Waals surface area contributed by atoms with E-state index in [1.54, 1.807) is 47.0 Å². The molecule has 2 aromatic heterocycles. The van der Waals surface area contributed by atoms with Crippen LogP contribution in [-0.4, -0.2) is 18.0 Å². The van der Waals surface area contributed by atoms with E-state index in [1.165, 1.54) is 18.3 Å². The maximum absolute atomic E-state index is 13.2. The topological polar surface area (TPSA) is 69.0 Å². The molecule has 5 nitrogen and oxygen atoms in total. The summed E-state index contributed by atoms with van der Waals surface area (Å²) in [6.45, 7) is 2.17. The zero-order valence-corrected chi connectivity index (χ0v) is 17.1. The van der Waals surface area contributed by atoms with Crippen LogP contribution in [0.2, 0.25) is 5.02 Å². The highest BCUT2D eigenvalue weighted by Gasteiger charge is 2.24. The number of pyridine rings is 2. The van der Waals surface area contributed by atoms with Crippen LogP contribution in [0.4, 0.5) is 0 Å². The SMILES string of the molecule is Cc1ccc2c(=O)c(S(=O)(=O)c3ccccc3)cn(Cc3ccc(Cl)cc3)c2n1. The van der Waals surface area contributed by atoms with Gasteiger partial charge in [0.25, 0.3) is 0 Å². The van der Waals surface area contributed by atoms with Crippen LogP contribution >= 0.6 is 11.6 Å². The van der Waals surface area contributed by atoms with Gasteiger partial charge in [-0.1, -0.05) is 41.9 Å². The first kappa shape index (κ1) is 19.4. The smallest absolute Gasteiger partial charge is 0.211 e. The Balaban J connectivity index is 1.97. The van der Waals surface area contributed by atoms with Gasteiger partial charge < -0.3 is 4.57 Å². The maximum Gasteiger partial charge on any atom is 0.211 e. The van der Waals surface area contributed by atoms with Crippen molar-refractivity contribution >= 4 is 32.5 Å². The molecule has 0 saturated carbocycles. The summed E-state index contributed by atoms with van der Waals surface area (Å²) in [6.07, 6.45) is 1.38. The van der Waals surface area contributed by atoms with Gasteiger partial charge in [-0.25, -0.2) is 13.4 Å². The van der Waals surface area contributed by atoms with E-state index in [4.69, 9.17) is 11.6 Å². The fourth-order valence-electron chi connectivity index (χ4n) is 3.16. The molecule has 0 amide bonds. The van der Waals surface area contributed by atoms with Gasteiger partial charge in [0.15, 0.2) is 0 Å². The van der Waals surface area contributed by atoms with E-state index in [0.717, 1.165) is 11.3 Å². The molecule has 4 rings (SSSR count). The molecule has 0 aliphatic heterocycles. The number of aryl methyl sites for hydroxylation is 1. The lowest BCUT2D eigenvalue weighted by Gasteiger charge is -2.14. The van der Waals surface area contributed by atoms with Crippen LogP contribution in [0.5, 0.6) is 0 Å². The highest BCUT2D eigenvalue weighted by Crippen LogP contribution is 2.21. The molecular formula is C22H17ClN2O3S. The minimum atomic E-state index is -3.97. The molecule has 29 heavy (non-hydrogen) atoms. The number of aromatic nitrogens is 2. The Kier molecular flexibility index (Phi) is 4.98. The van der Waals surface area contributed by atoms with Gasteiger partial charge in [-0.2, -0.15) is 0 Å². The van der Waals surface area contributed by atoms with Gasteiger partial charge in [-0.3, -0.25) is 4.79 Å². The Hall–Kier alpha value is -2.96. The number of nitrogens with zero attached hydrogens (tertiary/aromatic N) is 2. The summed E-state index contributed by atoms with van der Waals surface area (Å²) >= 11 is 5.96. The van der Waals surface area contributed by atoms with E-state index in [0.29, 0.717) is 17.2 Å². The van der Waals surface area contributed by atoms with Crippen LogP contribution in [0.1, 0.15) is 11.3 Å². The first-order valence-corrected chi connectivity index (χ1v) is 10.8. The Morgan fingerprint density at radius 2 is 1.66 bits per heavy atom. The number of sulfone groups is 1. The van der Waals surface area contributed by atoms with Gasteiger partial charge in [0, 0.05) is 23.5 Å². The lowest BCUT2D eigenvalue weighted by Crippen LogP contribution is -2.20. The molecule has 0 unspecified atom stereocenters. The number of hydrogen-bond donors (Lipinski definition) is 0. The van der Waals surface area contributed by atoms with Crippen molar-refractivity contribution in [3.05, 3.63) is 99.4 Å². The summed E-state index contributed by atoms with van der Waals surface area (Å²) < 4.78 is 28.0. The fourth-order valence-corrected chi connectivity index (χ4v) is 4.67. The minimum absolute atomic E-state index is 0.0783. The van der Waals surface area contributed by atoms with Crippen LogP contribution in [0.25, 0.3) is 11.0 Å². The first-order chi connectivity index (χ1) is 13.9. The first-order valence-electron chi connectivity index (χ1n) is 8.91.